The van der Waals surface area contributed by atoms with Gasteiger partial charge in [0.1, 0.15) is 0 Å². The highest BCUT2D eigenvalue weighted by Crippen LogP contribution is 2.10. The molecule has 0 aliphatic carbocycles. The molecular formula is C19H41IN6O. The van der Waals surface area contributed by atoms with E-state index < -0.39 is 0 Å². The Morgan fingerprint density at radius 1 is 1.19 bits per heavy atom. The van der Waals surface area contributed by atoms with Crippen molar-refractivity contribution in [2.75, 3.05) is 46.8 Å². The summed E-state index contributed by atoms with van der Waals surface area (Å²) in [4.78, 5) is 20.5. The Bertz CT molecular complexity index is 428. The van der Waals surface area contributed by atoms with Crippen LogP contribution in [-0.4, -0.2) is 86.6 Å². The summed E-state index contributed by atoms with van der Waals surface area (Å²) in [6.07, 6.45) is 3.17. The first-order valence-electron chi connectivity index (χ1n) is 10.0. The van der Waals surface area contributed by atoms with E-state index in [2.05, 4.69) is 58.4 Å². The average molecular weight is 496 g/mol. The van der Waals surface area contributed by atoms with Gasteiger partial charge in [0.25, 0.3) is 0 Å². The van der Waals surface area contributed by atoms with Gasteiger partial charge in [0, 0.05) is 58.4 Å². The van der Waals surface area contributed by atoms with E-state index >= 15 is 0 Å². The van der Waals surface area contributed by atoms with Crippen LogP contribution >= 0.6 is 24.0 Å². The third-order valence-electron chi connectivity index (χ3n) is 5.01. The van der Waals surface area contributed by atoms with Gasteiger partial charge in [0.2, 0.25) is 5.91 Å². The van der Waals surface area contributed by atoms with Crippen molar-refractivity contribution < 1.29 is 4.79 Å². The zero-order valence-corrected chi connectivity index (χ0v) is 20.4. The molecule has 0 unspecified atom stereocenters. The van der Waals surface area contributed by atoms with Gasteiger partial charge in [-0.1, -0.05) is 0 Å². The number of nitrogens with one attached hydrogen (secondary N) is 3. The molecule has 7 nitrogen and oxygen atoms in total. The number of hydrogen-bond donors (Lipinski definition) is 3. The fraction of sp³-hybridized carbons (Fsp3) is 0.895. The van der Waals surface area contributed by atoms with Gasteiger partial charge in [-0.25, -0.2) is 0 Å². The molecular weight excluding hydrogens is 455 g/mol. The van der Waals surface area contributed by atoms with E-state index in [4.69, 9.17) is 0 Å². The molecule has 0 spiro atoms. The molecule has 0 aromatic heterocycles. The predicted octanol–water partition coefficient (Wildman–Crippen LogP) is 1.49. The molecule has 1 amide bonds. The van der Waals surface area contributed by atoms with Crippen LogP contribution in [0, 0.1) is 0 Å². The minimum absolute atomic E-state index is 0. The van der Waals surface area contributed by atoms with Crippen LogP contribution in [0.4, 0.5) is 0 Å². The summed E-state index contributed by atoms with van der Waals surface area (Å²) in [7, 11) is 3.51. The number of likely N-dealkylation sites (tertiary alicyclic amines) is 1. The molecule has 1 heterocycles. The van der Waals surface area contributed by atoms with Crippen LogP contribution in [0.5, 0.6) is 0 Å². The van der Waals surface area contributed by atoms with Gasteiger partial charge in [-0.3, -0.25) is 19.6 Å². The second-order valence-electron chi connectivity index (χ2n) is 7.65. The molecule has 0 bridgehead atoms. The predicted molar refractivity (Wildman–Crippen MR) is 125 cm³/mol. The van der Waals surface area contributed by atoms with E-state index in [9.17, 15) is 4.79 Å². The number of carbonyl (C=O) groups excluding carboxylic acids is 1. The van der Waals surface area contributed by atoms with E-state index in [-0.39, 0.29) is 29.9 Å². The SMILES string of the molecule is CN=C(NCCCN(C(C)C)C(C)C)NC1CCN(CC(=O)NC)CC1.I. The Labute approximate surface area is 183 Å². The van der Waals surface area contributed by atoms with E-state index in [1.807, 2.05) is 7.05 Å². The molecule has 0 aromatic rings. The monoisotopic (exact) mass is 496 g/mol. The second-order valence-corrected chi connectivity index (χ2v) is 7.65. The van der Waals surface area contributed by atoms with E-state index in [1.54, 1.807) is 7.05 Å². The van der Waals surface area contributed by atoms with Crippen molar-refractivity contribution in [1.82, 2.24) is 25.8 Å². The van der Waals surface area contributed by atoms with Crippen molar-refractivity contribution in [3.8, 4) is 0 Å². The quantitative estimate of drug-likeness (QED) is 0.195. The van der Waals surface area contributed by atoms with Crippen molar-refractivity contribution in [2.45, 2.75) is 65.1 Å². The third kappa shape index (κ3) is 10.5. The van der Waals surface area contributed by atoms with Crippen LogP contribution in [0.25, 0.3) is 0 Å². The first-order valence-corrected chi connectivity index (χ1v) is 10.0. The average Bonchev–Trinajstić information content (AvgIpc) is 2.61. The zero-order valence-electron chi connectivity index (χ0n) is 18.0. The second kappa shape index (κ2) is 14.4. The number of nitrogens with zero attached hydrogens (tertiary/aromatic N) is 3. The summed E-state index contributed by atoms with van der Waals surface area (Å²) in [6, 6.07) is 1.57. The Morgan fingerprint density at radius 3 is 2.26 bits per heavy atom. The molecule has 3 N–H and O–H groups in total. The molecule has 0 saturated carbocycles. The number of carbonyl (C=O) groups is 1. The van der Waals surface area contributed by atoms with Crippen LogP contribution < -0.4 is 16.0 Å². The van der Waals surface area contributed by atoms with Gasteiger partial charge >= 0.3 is 0 Å². The molecule has 160 valence electrons. The minimum atomic E-state index is 0. The lowest BCUT2D eigenvalue weighted by Gasteiger charge is -2.32. The van der Waals surface area contributed by atoms with E-state index in [0.717, 1.165) is 51.4 Å². The van der Waals surface area contributed by atoms with Gasteiger partial charge in [0.05, 0.1) is 6.54 Å². The molecule has 1 rings (SSSR count). The molecule has 8 heteroatoms. The van der Waals surface area contributed by atoms with Gasteiger partial charge in [-0.2, -0.15) is 0 Å². The summed E-state index contributed by atoms with van der Waals surface area (Å²) in [5.41, 5.74) is 0. The van der Waals surface area contributed by atoms with Crippen molar-refractivity contribution in [3.63, 3.8) is 0 Å². The lowest BCUT2D eigenvalue weighted by atomic mass is 10.1. The highest BCUT2D eigenvalue weighted by atomic mass is 127. The number of halogens is 1. The molecule has 0 aromatic carbocycles. The largest absolute Gasteiger partial charge is 0.358 e. The minimum Gasteiger partial charge on any atom is -0.358 e. The molecule has 0 radical (unpaired) electrons. The first kappa shape index (κ1) is 26.4. The number of likely N-dealkylation sites (N-methyl/N-ethyl adjacent to an activating group) is 1. The summed E-state index contributed by atoms with van der Waals surface area (Å²) < 4.78 is 0. The lowest BCUT2D eigenvalue weighted by Crippen LogP contribution is -2.50. The molecule has 0 atom stereocenters. The molecule has 1 saturated heterocycles. The van der Waals surface area contributed by atoms with Crippen molar-refractivity contribution in [2.24, 2.45) is 4.99 Å². The Morgan fingerprint density at radius 2 is 1.78 bits per heavy atom. The third-order valence-corrected chi connectivity index (χ3v) is 5.01. The van der Waals surface area contributed by atoms with Crippen LogP contribution in [0.15, 0.2) is 4.99 Å². The highest BCUT2D eigenvalue weighted by molar-refractivity contribution is 14.0. The zero-order chi connectivity index (χ0) is 19.5. The van der Waals surface area contributed by atoms with E-state index in [1.165, 1.54) is 0 Å². The smallest absolute Gasteiger partial charge is 0.233 e. The highest BCUT2D eigenvalue weighted by Gasteiger charge is 2.21. The fourth-order valence-electron chi connectivity index (χ4n) is 3.49. The number of guanidine groups is 1. The Hall–Kier alpha value is -0.610. The Balaban J connectivity index is 0.00000676. The summed E-state index contributed by atoms with van der Waals surface area (Å²) in [5, 5.41) is 9.65. The maximum absolute atomic E-state index is 11.5. The lowest BCUT2D eigenvalue weighted by molar-refractivity contribution is -0.122. The summed E-state index contributed by atoms with van der Waals surface area (Å²) in [6.45, 7) is 13.4. The van der Waals surface area contributed by atoms with Crippen LogP contribution in [0.2, 0.25) is 0 Å². The van der Waals surface area contributed by atoms with Crippen molar-refractivity contribution in [1.29, 1.82) is 0 Å². The number of hydrogen-bond acceptors (Lipinski definition) is 4. The number of amides is 1. The standard InChI is InChI=1S/C19H40N6O.HI/c1-15(2)25(16(3)4)11-7-10-22-19(21-6)23-17-8-12-24(13-9-17)14-18(26)20-5;/h15-17H,7-14H2,1-6H3,(H,20,26)(H2,21,22,23);1H. The van der Waals surface area contributed by atoms with Crippen LogP contribution in [0.1, 0.15) is 47.0 Å². The topological polar surface area (TPSA) is 72.0 Å². The fourth-order valence-corrected chi connectivity index (χ4v) is 3.49. The van der Waals surface area contributed by atoms with E-state index in [0.29, 0.717) is 24.7 Å². The van der Waals surface area contributed by atoms with Gasteiger partial charge < -0.3 is 16.0 Å². The Kier molecular flexibility index (Phi) is 14.1. The summed E-state index contributed by atoms with van der Waals surface area (Å²) >= 11 is 0. The summed E-state index contributed by atoms with van der Waals surface area (Å²) in [5.74, 6) is 0.973. The number of piperidine rings is 1. The molecule has 1 aliphatic heterocycles. The molecule has 1 aliphatic rings. The van der Waals surface area contributed by atoms with Gasteiger partial charge in [-0.05, 0) is 47.0 Å². The van der Waals surface area contributed by atoms with Crippen molar-refractivity contribution >= 4 is 35.8 Å². The maximum Gasteiger partial charge on any atom is 0.233 e. The normalized spacial score (nSPS) is 16.6. The van der Waals surface area contributed by atoms with Crippen molar-refractivity contribution in [3.05, 3.63) is 0 Å². The van der Waals surface area contributed by atoms with Crippen LogP contribution in [-0.2, 0) is 4.79 Å². The first-order chi connectivity index (χ1) is 12.4. The molecule has 1 fully saturated rings. The maximum atomic E-state index is 11.5. The number of aliphatic imine (C=N–C) groups is 1. The number of rotatable bonds is 9. The van der Waals surface area contributed by atoms with Gasteiger partial charge in [-0.15, -0.1) is 24.0 Å². The molecule has 27 heavy (non-hydrogen) atoms. The van der Waals surface area contributed by atoms with Gasteiger partial charge in [0.15, 0.2) is 5.96 Å². The van der Waals surface area contributed by atoms with Crippen LogP contribution in [0.3, 0.4) is 0 Å².